The van der Waals surface area contributed by atoms with Crippen LogP contribution >= 0.6 is 0 Å². The number of benzene rings is 2. The molecule has 0 aliphatic rings. The van der Waals surface area contributed by atoms with Crippen LogP contribution in [0.2, 0.25) is 0 Å². The van der Waals surface area contributed by atoms with E-state index in [0.717, 1.165) is 5.69 Å². The van der Waals surface area contributed by atoms with Crippen molar-refractivity contribution in [1.82, 2.24) is 20.2 Å². The number of hydrogen-bond donors (Lipinski definition) is 4. The number of rotatable bonds is 7. The number of hydrogen-bond acceptors (Lipinski definition) is 7. The Labute approximate surface area is 189 Å². The molecule has 0 amide bonds. The fourth-order valence-electron chi connectivity index (χ4n) is 3.06. The molecule has 0 saturated carbocycles. The molecule has 0 saturated heterocycles. The van der Waals surface area contributed by atoms with Crippen LogP contribution < -0.4 is 15.6 Å². The zero-order valence-corrected chi connectivity index (χ0v) is 18.6. The fourth-order valence-corrected chi connectivity index (χ4v) is 4.00. The van der Waals surface area contributed by atoms with Crippen LogP contribution in [0.25, 0.3) is 0 Å². The van der Waals surface area contributed by atoms with Crippen molar-refractivity contribution in [2.75, 3.05) is 10.0 Å². The summed E-state index contributed by atoms with van der Waals surface area (Å²) in [6.07, 6.45) is 1.41. The number of aliphatic imine (C=N–C) groups is 1. The number of nitrogens with one attached hydrogen (secondary N) is 4. The first kappa shape index (κ1) is 22.0. The molecule has 2 heterocycles. The second-order valence-corrected chi connectivity index (χ2v) is 8.87. The minimum atomic E-state index is -3.87. The van der Waals surface area contributed by atoms with Gasteiger partial charge in [-0.15, -0.1) is 0 Å². The highest BCUT2D eigenvalue weighted by Crippen LogP contribution is 2.20. The normalized spacial score (nSPS) is 11.6. The van der Waals surface area contributed by atoms with Gasteiger partial charge in [-0.1, -0.05) is 18.2 Å². The van der Waals surface area contributed by atoms with Crippen LogP contribution in [0.1, 0.15) is 17.0 Å². The summed E-state index contributed by atoms with van der Waals surface area (Å²) >= 11 is 0. The molecule has 10 nitrogen and oxygen atoms in total. The van der Waals surface area contributed by atoms with Gasteiger partial charge in [-0.3, -0.25) is 20.0 Å². The van der Waals surface area contributed by atoms with Crippen molar-refractivity contribution >= 4 is 39.4 Å². The summed E-state index contributed by atoms with van der Waals surface area (Å²) in [5, 5.41) is 8.41. The highest BCUT2D eigenvalue weighted by molar-refractivity contribution is 7.92. The van der Waals surface area contributed by atoms with E-state index in [2.05, 4.69) is 35.2 Å². The van der Waals surface area contributed by atoms with Gasteiger partial charge in [0.1, 0.15) is 11.4 Å². The zero-order chi connectivity index (χ0) is 23.4. The second-order valence-electron chi connectivity index (χ2n) is 7.19. The molecular weight excluding hydrogens is 442 g/mol. The van der Waals surface area contributed by atoms with Crippen molar-refractivity contribution in [3.63, 3.8) is 0 Å². The summed E-state index contributed by atoms with van der Waals surface area (Å²) < 4.78 is 27.7. The number of aromatic amines is 2. The van der Waals surface area contributed by atoms with Crippen LogP contribution in [0.3, 0.4) is 0 Å². The molecule has 11 heteroatoms. The maximum absolute atomic E-state index is 12.7. The average molecular weight is 464 g/mol. The van der Waals surface area contributed by atoms with Crippen LogP contribution in [-0.4, -0.2) is 34.8 Å². The first-order chi connectivity index (χ1) is 15.8. The van der Waals surface area contributed by atoms with Crippen molar-refractivity contribution in [2.45, 2.75) is 18.7 Å². The first-order valence-corrected chi connectivity index (χ1v) is 11.4. The van der Waals surface area contributed by atoms with E-state index < -0.39 is 10.0 Å². The van der Waals surface area contributed by atoms with E-state index in [1.165, 1.54) is 18.3 Å². The molecule has 0 radical (unpaired) electrons. The molecule has 0 fully saturated rings. The molecule has 0 aliphatic heterocycles. The lowest BCUT2D eigenvalue weighted by Crippen LogP contribution is -2.15. The Kier molecular flexibility index (Phi) is 6.05. The number of H-pyrrole nitrogens is 2. The Morgan fingerprint density at radius 3 is 2.27 bits per heavy atom. The van der Waals surface area contributed by atoms with E-state index in [-0.39, 0.29) is 16.4 Å². The fraction of sp³-hybridized carbons (Fsp3) is 0.0909. The minimum absolute atomic E-state index is 0.0136. The predicted molar refractivity (Wildman–Crippen MR) is 127 cm³/mol. The minimum Gasteiger partial charge on any atom is -0.340 e. The second kappa shape index (κ2) is 9.09. The molecule has 4 N–H and O–H groups in total. The summed E-state index contributed by atoms with van der Waals surface area (Å²) in [4.78, 5) is 24.7. The van der Waals surface area contributed by atoms with Crippen LogP contribution in [0.15, 0.2) is 75.3 Å². The number of para-hydroxylation sites is 1. The van der Waals surface area contributed by atoms with Crippen molar-refractivity contribution in [1.29, 1.82) is 0 Å². The van der Waals surface area contributed by atoms with Gasteiger partial charge in [-0.05, 0) is 56.3 Å². The summed E-state index contributed by atoms with van der Waals surface area (Å²) in [7, 11) is -3.87. The molecule has 4 aromatic rings. The molecule has 168 valence electrons. The number of aromatic nitrogens is 4. The molecule has 0 atom stereocenters. The number of sulfonamides is 1. The summed E-state index contributed by atoms with van der Waals surface area (Å²) in [6.45, 7) is 3.52. The third-order valence-electron chi connectivity index (χ3n) is 4.56. The van der Waals surface area contributed by atoms with Crippen molar-refractivity contribution in [2.24, 2.45) is 4.99 Å². The van der Waals surface area contributed by atoms with Gasteiger partial charge in [0.25, 0.3) is 15.6 Å². The molecule has 2 aromatic carbocycles. The molecule has 4 rings (SSSR count). The molecule has 0 unspecified atom stereocenters. The molecule has 2 aromatic heterocycles. The highest BCUT2D eigenvalue weighted by atomic mass is 32.2. The third-order valence-corrected chi connectivity index (χ3v) is 5.90. The topological polar surface area (TPSA) is 145 Å². The van der Waals surface area contributed by atoms with E-state index >= 15 is 0 Å². The van der Waals surface area contributed by atoms with Crippen LogP contribution in [0.5, 0.6) is 0 Å². The molecular formula is C22H21N7O3S. The van der Waals surface area contributed by atoms with Crippen LogP contribution in [-0.2, 0) is 10.0 Å². The first-order valence-electron chi connectivity index (χ1n) is 9.92. The van der Waals surface area contributed by atoms with Gasteiger partial charge in [-0.2, -0.15) is 0 Å². The van der Waals surface area contributed by atoms with E-state index in [9.17, 15) is 13.2 Å². The Hall–Kier alpha value is -4.25. The maximum atomic E-state index is 12.7. The molecule has 0 bridgehead atoms. The summed E-state index contributed by atoms with van der Waals surface area (Å²) in [5.41, 5.74) is 2.56. The van der Waals surface area contributed by atoms with Crippen molar-refractivity contribution in [3.8, 4) is 0 Å². The van der Waals surface area contributed by atoms with Gasteiger partial charge in [0.15, 0.2) is 0 Å². The average Bonchev–Trinajstić information content (AvgIpc) is 3.11. The summed E-state index contributed by atoms with van der Waals surface area (Å²) in [5.74, 6) is 0.478. The van der Waals surface area contributed by atoms with Crippen molar-refractivity contribution in [3.05, 3.63) is 88.0 Å². The number of aryl methyl sites for hydroxylation is 2. The lowest BCUT2D eigenvalue weighted by Gasteiger charge is -2.08. The third kappa shape index (κ3) is 5.33. The van der Waals surface area contributed by atoms with E-state index in [0.29, 0.717) is 28.5 Å². The Balaban J connectivity index is 1.51. The molecule has 0 aliphatic carbocycles. The van der Waals surface area contributed by atoms with E-state index in [4.69, 9.17) is 0 Å². The predicted octanol–water partition coefficient (Wildman–Crippen LogP) is 3.40. The number of anilines is 3. The molecule has 0 spiro atoms. The standard InChI is InChI=1S/C22H21N7O3S/c1-14-12-15(2)25-22(24-14)29-33(31,32)18-10-8-16(9-11-18)23-13-19-20(27-28-21(19)30)26-17-6-4-3-5-7-17/h3-13H,1-2H3,(H,24,25,29)(H3,26,27,28,30). The van der Waals surface area contributed by atoms with Gasteiger partial charge in [0, 0.05) is 23.3 Å². The summed E-state index contributed by atoms with van der Waals surface area (Å²) in [6, 6.07) is 17.0. The maximum Gasteiger partial charge on any atom is 0.274 e. The lowest BCUT2D eigenvalue weighted by molar-refractivity contribution is 0.601. The largest absolute Gasteiger partial charge is 0.340 e. The number of nitrogens with zero attached hydrogens (tertiary/aromatic N) is 3. The van der Waals surface area contributed by atoms with Crippen LogP contribution in [0, 0.1) is 13.8 Å². The lowest BCUT2D eigenvalue weighted by atomic mass is 10.3. The molecule has 33 heavy (non-hydrogen) atoms. The Morgan fingerprint density at radius 1 is 0.939 bits per heavy atom. The quantitative estimate of drug-likeness (QED) is 0.309. The highest BCUT2D eigenvalue weighted by Gasteiger charge is 2.16. The van der Waals surface area contributed by atoms with Gasteiger partial charge >= 0.3 is 0 Å². The zero-order valence-electron chi connectivity index (χ0n) is 17.8. The van der Waals surface area contributed by atoms with Gasteiger partial charge in [0.05, 0.1) is 10.6 Å². The van der Waals surface area contributed by atoms with Gasteiger partial charge in [0.2, 0.25) is 5.95 Å². The van der Waals surface area contributed by atoms with Gasteiger partial charge < -0.3 is 5.32 Å². The van der Waals surface area contributed by atoms with E-state index in [1.807, 2.05) is 30.3 Å². The Bertz CT molecular complexity index is 1440. The monoisotopic (exact) mass is 463 g/mol. The van der Waals surface area contributed by atoms with Gasteiger partial charge in [-0.25, -0.2) is 23.1 Å². The SMILES string of the molecule is Cc1cc(C)nc(NS(=O)(=O)c2ccc(N=Cc3c(Nc4ccccc4)[nH][nH]c3=O)cc2)n1. The van der Waals surface area contributed by atoms with Crippen LogP contribution in [0.4, 0.5) is 23.1 Å². The smallest absolute Gasteiger partial charge is 0.274 e. The Morgan fingerprint density at radius 2 is 1.61 bits per heavy atom. The van der Waals surface area contributed by atoms with Crippen molar-refractivity contribution < 1.29 is 8.42 Å². The van der Waals surface area contributed by atoms with E-state index in [1.54, 1.807) is 32.0 Å².